The van der Waals surface area contributed by atoms with Crippen LogP contribution in [0.3, 0.4) is 0 Å². The summed E-state index contributed by atoms with van der Waals surface area (Å²) >= 11 is 3.23. The molecular weight excluding hydrogens is 385 g/mol. The van der Waals surface area contributed by atoms with Gasteiger partial charge in [0, 0.05) is 28.6 Å². The van der Waals surface area contributed by atoms with Gasteiger partial charge >= 0.3 is 0 Å². The molecule has 0 spiro atoms. The number of carbonyl (C=O) groups excluding carboxylic acids is 1. The van der Waals surface area contributed by atoms with E-state index in [0.29, 0.717) is 18.0 Å². The molecule has 0 radical (unpaired) electrons. The fourth-order valence-electron chi connectivity index (χ4n) is 2.24. The lowest BCUT2D eigenvalue weighted by Crippen LogP contribution is -2.38. The number of rotatable bonds is 7. The molecule has 1 aliphatic rings. The standard InChI is InChI=1S/C16H19N3OS2.2ClH/c17-14(11-5-6-11)7-18-16(20)13-3-1-2-4-15(13)22-9-12-8-21-10-19-12;;/h1-4,8,10-11,14H,5-7,9,17H2,(H,18,20);2*1H. The van der Waals surface area contributed by atoms with Crippen LogP contribution in [0.1, 0.15) is 28.9 Å². The maximum absolute atomic E-state index is 12.4. The molecule has 1 aromatic carbocycles. The fraction of sp³-hybridized carbons (Fsp3) is 0.375. The molecule has 3 N–H and O–H groups in total. The van der Waals surface area contributed by atoms with Gasteiger partial charge in [0.05, 0.1) is 16.8 Å². The molecule has 1 unspecified atom stereocenters. The summed E-state index contributed by atoms with van der Waals surface area (Å²) in [7, 11) is 0. The zero-order valence-corrected chi connectivity index (χ0v) is 16.3. The van der Waals surface area contributed by atoms with Crippen molar-refractivity contribution < 1.29 is 4.79 Å². The summed E-state index contributed by atoms with van der Waals surface area (Å²) in [6.07, 6.45) is 2.38. The highest BCUT2D eigenvalue weighted by Gasteiger charge is 2.28. The Hall–Kier alpha value is -0.790. The van der Waals surface area contributed by atoms with Crippen molar-refractivity contribution >= 4 is 53.8 Å². The Bertz CT molecular complexity index is 636. The minimum atomic E-state index is -0.0440. The van der Waals surface area contributed by atoms with Crippen molar-refractivity contribution in [1.82, 2.24) is 10.3 Å². The molecule has 1 saturated carbocycles. The normalized spacial score (nSPS) is 14.2. The lowest BCUT2D eigenvalue weighted by molar-refractivity contribution is 0.0947. The molecule has 1 amide bonds. The van der Waals surface area contributed by atoms with E-state index in [9.17, 15) is 4.79 Å². The second kappa shape index (κ2) is 10.3. The summed E-state index contributed by atoms with van der Waals surface area (Å²) in [5.41, 5.74) is 9.62. The molecule has 1 heterocycles. The number of nitrogens with zero attached hydrogens (tertiary/aromatic N) is 1. The summed E-state index contributed by atoms with van der Waals surface area (Å²) in [4.78, 5) is 17.6. The van der Waals surface area contributed by atoms with E-state index < -0.39 is 0 Å². The first-order valence-electron chi connectivity index (χ1n) is 7.36. The number of nitrogens with one attached hydrogen (secondary N) is 1. The Kier molecular flexibility index (Phi) is 9.08. The first kappa shape index (κ1) is 21.3. The van der Waals surface area contributed by atoms with Crippen LogP contribution in [-0.4, -0.2) is 23.5 Å². The number of thiazole rings is 1. The number of hydrogen-bond donors (Lipinski definition) is 2. The summed E-state index contributed by atoms with van der Waals surface area (Å²) in [6.45, 7) is 0.550. The minimum absolute atomic E-state index is 0. The van der Waals surface area contributed by atoms with Crippen LogP contribution in [0, 0.1) is 5.92 Å². The van der Waals surface area contributed by atoms with E-state index in [1.54, 1.807) is 23.1 Å². The number of nitrogens with two attached hydrogens (primary N) is 1. The quantitative estimate of drug-likeness (QED) is 0.688. The second-order valence-corrected chi connectivity index (χ2v) is 7.21. The van der Waals surface area contributed by atoms with Crippen LogP contribution in [-0.2, 0) is 5.75 Å². The van der Waals surface area contributed by atoms with Gasteiger partial charge in [-0.2, -0.15) is 0 Å². The van der Waals surface area contributed by atoms with Crippen LogP contribution in [0.25, 0.3) is 0 Å². The van der Waals surface area contributed by atoms with Crippen molar-refractivity contribution in [2.45, 2.75) is 29.5 Å². The number of carbonyl (C=O) groups is 1. The van der Waals surface area contributed by atoms with Crippen LogP contribution < -0.4 is 11.1 Å². The molecule has 3 rings (SSSR count). The Balaban J connectivity index is 0.00000144. The second-order valence-electron chi connectivity index (χ2n) is 5.48. The SMILES string of the molecule is Cl.Cl.NC(CNC(=O)c1ccccc1SCc1cscn1)C1CC1. The number of amides is 1. The molecule has 0 bridgehead atoms. The largest absolute Gasteiger partial charge is 0.350 e. The highest BCUT2D eigenvalue weighted by molar-refractivity contribution is 7.98. The number of hydrogen-bond acceptors (Lipinski definition) is 5. The van der Waals surface area contributed by atoms with Crippen molar-refractivity contribution in [3.8, 4) is 0 Å². The molecule has 1 aliphatic carbocycles. The summed E-state index contributed by atoms with van der Waals surface area (Å²) in [5, 5.41) is 4.99. The van der Waals surface area contributed by atoms with Crippen molar-refractivity contribution in [1.29, 1.82) is 0 Å². The molecule has 1 fully saturated rings. The van der Waals surface area contributed by atoms with Gasteiger partial charge in [-0.1, -0.05) is 12.1 Å². The number of benzene rings is 1. The maximum atomic E-state index is 12.4. The van der Waals surface area contributed by atoms with Gasteiger partial charge in [0.2, 0.25) is 0 Å². The first-order valence-corrected chi connectivity index (χ1v) is 9.29. The molecule has 0 aliphatic heterocycles. The Labute approximate surface area is 162 Å². The lowest BCUT2D eigenvalue weighted by Gasteiger charge is -2.13. The molecule has 1 aromatic heterocycles. The lowest BCUT2D eigenvalue weighted by atomic mass is 10.2. The monoisotopic (exact) mass is 405 g/mol. The van der Waals surface area contributed by atoms with E-state index in [1.807, 2.05) is 35.2 Å². The molecule has 132 valence electrons. The van der Waals surface area contributed by atoms with Gasteiger partial charge in [0.15, 0.2) is 0 Å². The smallest absolute Gasteiger partial charge is 0.252 e. The molecule has 4 nitrogen and oxygen atoms in total. The Morgan fingerprint density at radius 3 is 2.79 bits per heavy atom. The van der Waals surface area contributed by atoms with E-state index in [4.69, 9.17) is 5.73 Å². The number of halogens is 2. The van der Waals surface area contributed by atoms with Crippen LogP contribution in [0.15, 0.2) is 40.1 Å². The maximum Gasteiger partial charge on any atom is 0.252 e. The average Bonchev–Trinajstić information content (AvgIpc) is 3.27. The van der Waals surface area contributed by atoms with Crippen molar-refractivity contribution in [3.05, 3.63) is 46.4 Å². The molecule has 0 saturated heterocycles. The third-order valence-electron chi connectivity index (χ3n) is 3.72. The Morgan fingerprint density at radius 2 is 2.12 bits per heavy atom. The topological polar surface area (TPSA) is 68.0 Å². The molecule has 8 heteroatoms. The third kappa shape index (κ3) is 5.93. The highest BCUT2D eigenvalue weighted by atomic mass is 35.5. The molecule has 24 heavy (non-hydrogen) atoms. The molecule has 2 aromatic rings. The number of thioether (sulfide) groups is 1. The van der Waals surface area contributed by atoms with E-state index in [0.717, 1.165) is 16.3 Å². The third-order valence-corrected chi connectivity index (χ3v) is 5.46. The van der Waals surface area contributed by atoms with E-state index >= 15 is 0 Å². The summed E-state index contributed by atoms with van der Waals surface area (Å²) < 4.78 is 0. The fourth-order valence-corrected chi connectivity index (χ4v) is 3.85. The van der Waals surface area contributed by atoms with Crippen LogP contribution in [0.2, 0.25) is 0 Å². The van der Waals surface area contributed by atoms with Gasteiger partial charge in [0.1, 0.15) is 0 Å². The summed E-state index contributed by atoms with van der Waals surface area (Å²) in [5.74, 6) is 1.32. The van der Waals surface area contributed by atoms with Crippen molar-refractivity contribution in [3.63, 3.8) is 0 Å². The van der Waals surface area contributed by atoms with Gasteiger partial charge in [-0.05, 0) is 30.9 Å². The minimum Gasteiger partial charge on any atom is -0.350 e. The zero-order valence-electron chi connectivity index (χ0n) is 13.0. The molecule has 1 atom stereocenters. The van der Waals surface area contributed by atoms with Crippen molar-refractivity contribution in [2.24, 2.45) is 11.7 Å². The highest BCUT2D eigenvalue weighted by Crippen LogP contribution is 2.31. The van der Waals surface area contributed by atoms with E-state index in [-0.39, 0.29) is 36.8 Å². The predicted octanol–water partition coefficient (Wildman–Crippen LogP) is 3.75. The van der Waals surface area contributed by atoms with Crippen LogP contribution in [0.4, 0.5) is 0 Å². The van der Waals surface area contributed by atoms with Gasteiger partial charge in [-0.25, -0.2) is 4.98 Å². The van der Waals surface area contributed by atoms with Crippen molar-refractivity contribution in [2.75, 3.05) is 6.54 Å². The van der Waals surface area contributed by atoms with Gasteiger partial charge in [-0.15, -0.1) is 47.9 Å². The molecular formula is C16H21Cl2N3OS2. The van der Waals surface area contributed by atoms with Gasteiger partial charge in [-0.3, -0.25) is 4.79 Å². The van der Waals surface area contributed by atoms with Gasteiger partial charge in [0.25, 0.3) is 5.91 Å². The summed E-state index contributed by atoms with van der Waals surface area (Å²) in [6, 6.07) is 7.77. The van der Waals surface area contributed by atoms with Crippen LogP contribution >= 0.6 is 47.9 Å². The predicted molar refractivity (Wildman–Crippen MR) is 106 cm³/mol. The zero-order chi connectivity index (χ0) is 15.4. The van der Waals surface area contributed by atoms with E-state index in [1.165, 1.54) is 12.8 Å². The first-order chi connectivity index (χ1) is 10.7. The van der Waals surface area contributed by atoms with Crippen LogP contribution in [0.5, 0.6) is 0 Å². The number of aromatic nitrogens is 1. The average molecular weight is 406 g/mol. The van der Waals surface area contributed by atoms with Gasteiger partial charge < -0.3 is 11.1 Å². The Morgan fingerprint density at radius 1 is 1.38 bits per heavy atom. The van der Waals surface area contributed by atoms with E-state index in [2.05, 4.69) is 10.3 Å².